The quantitative estimate of drug-likeness (QED) is 0.509. The molecular formula is C24H33N3O5S. The molecule has 0 fully saturated rings. The van der Waals surface area contributed by atoms with Crippen molar-refractivity contribution in [2.24, 2.45) is 0 Å². The van der Waals surface area contributed by atoms with Crippen molar-refractivity contribution < 1.29 is 22.7 Å². The Morgan fingerprint density at radius 2 is 1.70 bits per heavy atom. The van der Waals surface area contributed by atoms with E-state index in [1.54, 1.807) is 43.3 Å². The van der Waals surface area contributed by atoms with Crippen LogP contribution in [0.4, 0.5) is 5.69 Å². The minimum absolute atomic E-state index is 0.114. The third-order valence-corrected chi connectivity index (χ3v) is 6.53. The van der Waals surface area contributed by atoms with E-state index in [0.29, 0.717) is 24.3 Å². The molecule has 2 aromatic carbocycles. The summed E-state index contributed by atoms with van der Waals surface area (Å²) in [6, 6.07) is 15.5. The van der Waals surface area contributed by atoms with E-state index in [4.69, 9.17) is 4.74 Å². The van der Waals surface area contributed by atoms with Crippen molar-refractivity contribution in [3.8, 4) is 5.75 Å². The topological polar surface area (TPSA) is 96.0 Å². The van der Waals surface area contributed by atoms with Crippen LogP contribution in [0.1, 0.15) is 31.7 Å². The maximum absolute atomic E-state index is 13.2. The van der Waals surface area contributed by atoms with E-state index in [1.807, 2.05) is 37.3 Å². The van der Waals surface area contributed by atoms with Crippen LogP contribution in [0, 0.1) is 0 Å². The molecule has 33 heavy (non-hydrogen) atoms. The van der Waals surface area contributed by atoms with E-state index in [2.05, 4.69) is 5.32 Å². The van der Waals surface area contributed by atoms with Gasteiger partial charge in [0.25, 0.3) is 0 Å². The summed E-state index contributed by atoms with van der Waals surface area (Å²) in [5.74, 6) is 0.265. The monoisotopic (exact) mass is 475 g/mol. The molecule has 0 aliphatic rings. The third kappa shape index (κ3) is 7.49. The highest BCUT2D eigenvalue weighted by atomic mass is 32.2. The molecule has 2 aromatic rings. The van der Waals surface area contributed by atoms with Crippen molar-refractivity contribution in [3.05, 3.63) is 60.2 Å². The predicted octanol–water partition coefficient (Wildman–Crippen LogP) is 2.79. The minimum atomic E-state index is -3.50. The summed E-state index contributed by atoms with van der Waals surface area (Å²) < 4.78 is 31.1. The van der Waals surface area contributed by atoms with Crippen LogP contribution in [0.5, 0.6) is 5.75 Å². The summed E-state index contributed by atoms with van der Waals surface area (Å²) in [5, 5.41) is 2.63. The van der Waals surface area contributed by atoms with Crippen molar-refractivity contribution in [2.75, 3.05) is 31.3 Å². The molecule has 8 nitrogen and oxygen atoms in total. The molecule has 2 rings (SSSR count). The Morgan fingerprint density at radius 1 is 1.06 bits per heavy atom. The van der Waals surface area contributed by atoms with Gasteiger partial charge in [-0.05, 0) is 42.7 Å². The molecule has 9 heteroatoms. The Hall–Kier alpha value is -3.07. The first-order chi connectivity index (χ1) is 15.7. The lowest BCUT2D eigenvalue weighted by molar-refractivity contribution is -0.141. The van der Waals surface area contributed by atoms with Gasteiger partial charge in [0.05, 0.1) is 19.1 Å². The predicted molar refractivity (Wildman–Crippen MR) is 130 cm³/mol. The lowest BCUT2D eigenvalue weighted by Gasteiger charge is -2.30. The molecule has 0 spiro atoms. The van der Waals surface area contributed by atoms with E-state index in [0.717, 1.165) is 11.8 Å². The van der Waals surface area contributed by atoms with Crippen LogP contribution in [-0.2, 0) is 26.2 Å². The van der Waals surface area contributed by atoms with Crippen molar-refractivity contribution in [1.82, 2.24) is 10.2 Å². The van der Waals surface area contributed by atoms with Gasteiger partial charge in [-0.2, -0.15) is 0 Å². The normalized spacial score (nSPS) is 12.0. The van der Waals surface area contributed by atoms with Gasteiger partial charge in [0.1, 0.15) is 11.8 Å². The number of nitrogens with one attached hydrogen (secondary N) is 1. The smallest absolute Gasteiger partial charge is 0.242 e. The third-order valence-electron chi connectivity index (χ3n) is 5.34. The molecule has 1 atom stereocenters. The van der Waals surface area contributed by atoms with Gasteiger partial charge in [0, 0.05) is 26.6 Å². The standard InChI is InChI=1S/C24H33N3O5S/c1-5-22(24(29)25-2)26(18-19-13-15-21(32-3)16-14-19)23(28)12-9-17-27(33(4,30)31)20-10-7-6-8-11-20/h6-8,10-11,13-16,22H,5,9,12,17-18H2,1-4H3,(H,25,29)/t22-/m0/s1. The second kappa shape index (κ2) is 12.2. The fourth-order valence-electron chi connectivity index (χ4n) is 3.61. The Bertz CT molecular complexity index is 1010. The van der Waals surface area contributed by atoms with Gasteiger partial charge in [0.15, 0.2) is 0 Å². The van der Waals surface area contributed by atoms with Crippen LogP contribution in [0.15, 0.2) is 54.6 Å². The zero-order valence-corrected chi connectivity index (χ0v) is 20.5. The number of methoxy groups -OCH3 is 1. The highest BCUT2D eigenvalue weighted by Gasteiger charge is 2.28. The number of carbonyl (C=O) groups excluding carboxylic acids is 2. The number of likely N-dealkylation sites (N-methyl/N-ethyl adjacent to an activating group) is 1. The summed E-state index contributed by atoms with van der Waals surface area (Å²) in [5.41, 5.74) is 1.42. The number of para-hydroxylation sites is 1. The minimum Gasteiger partial charge on any atom is -0.497 e. The molecule has 0 saturated heterocycles. The molecule has 0 saturated carbocycles. The second-order valence-electron chi connectivity index (χ2n) is 7.68. The summed E-state index contributed by atoms with van der Waals surface area (Å²) in [6.45, 7) is 2.29. The molecule has 0 unspecified atom stereocenters. The van der Waals surface area contributed by atoms with E-state index in [1.165, 1.54) is 4.31 Å². The number of amides is 2. The van der Waals surface area contributed by atoms with Crippen LogP contribution in [-0.4, -0.2) is 58.1 Å². The Morgan fingerprint density at radius 3 is 2.21 bits per heavy atom. The Kier molecular flexibility index (Phi) is 9.72. The van der Waals surface area contributed by atoms with Crippen molar-refractivity contribution >= 4 is 27.5 Å². The number of carbonyl (C=O) groups is 2. The Labute approximate surface area is 196 Å². The SMILES string of the molecule is CC[C@@H](C(=O)NC)N(Cc1ccc(OC)cc1)C(=O)CCCN(c1ccccc1)S(C)(=O)=O. The summed E-state index contributed by atoms with van der Waals surface area (Å²) >= 11 is 0. The van der Waals surface area contributed by atoms with Crippen molar-refractivity contribution in [3.63, 3.8) is 0 Å². The lowest BCUT2D eigenvalue weighted by Crippen LogP contribution is -2.48. The number of benzene rings is 2. The van der Waals surface area contributed by atoms with Gasteiger partial charge >= 0.3 is 0 Å². The van der Waals surface area contributed by atoms with Gasteiger partial charge in [-0.15, -0.1) is 0 Å². The van der Waals surface area contributed by atoms with Crippen LogP contribution < -0.4 is 14.4 Å². The summed E-state index contributed by atoms with van der Waals surface area (Å²) in [7, 11) is -0.369. The average molecular weight is 476 g/mol. The van der Waals surface area contributed by atoms with E-state index >= 15 is 0 Å². The van der Waals surface area contributed by atoms with E-state index in [9.17, 15) is 18.0 Å². The molecule has 0 bridgehead atoms. The number of ether oxygens (including phenoxy) is 1. The Balaban J connectivity index is 2.16. The zero-order valence-electron chi connectivity index (χ0n) is 19.7. The molecule has 0 aliphatic carbocycles. The van der Waals surface area contributed by atoms with Gasteiger partial charge in [-0.1, -0.05) is 37.3 Å². The van der Waals surface area contributed by atoms with E-state index in [-0.39, 0.29) is 31.3 Å². The first-order valence-corrected chi connectivity index (χ1v) is 12.7. The summed E-state index contributed by atoms with van der Waals surface area (Å²) in [6.07, 6.45) is 2.05. The highest BCUT2D eigenvalue weighted by Crippen LogP contribution is 2.20. The molecule has 0 aliphatic heterocycles. The summed E-state index contributed by atoms with van der Waals surface area (Å²) in [4.78, 5) is 27.2. The van der Waals surface area contributed by atoms with Gasteiger partial charge < -0.3 is 15.0 Å². The first kappa shape index (κ1) is 26.2. The van der Waals surface area contributed by atoms with Gasteiger partial charge in [-0.25, -0.2) is 8.42 Å². The first-order valence-electron chi connectivity index (χ1n) is 10.9. The number of rotatable bonds is 12. The molecular weight excluding hydrogens is 442 g/mol. The van der Waals surface area contributed by atoms with Crippen LogP contribution in [0.3, 0.4) is 0 Å². The number of hydrogen-bond donors (Lipinski definition) is 1. The molecule has 2 amide bonds. The number of hydrogen-bond acceptors (Lipinski definition) is 5. The number of anilines is 1. The van der Waals surface area contributed by atoms with Crippen molar-refractivity contribution in [2.45, 2.75) is 38.8 Å². The highest BCUT2D eigenvalue weighted by molar-refractivity contribution is 7.92. The van der Waals surface area contributed by atoms with Crippen molar-refractivity contribution in [1.29, 1.82) is 0 Å². The van der Waals surface area contributed by atoms with E-state index < -0.39 is 16.1 Å². The zero-order chi connectivity index (χ0) is 24.4. The number of sulfonamides is 1. The fourth-order valence-corrected chi connectivity index (χ4v) is 4.58. The van der Waals surface area contributed by atoms with Crippen LogP contribution in [0.2, 0.25) is 0 Å². The van der Waals surface area contributed by atoms with Crippen LogP contribution in [0.25, 0.3) is 0 Å². The molecule has 0 radical (unpaired) electrons. The van der Waals surface area contributed by atoms with Crippen LogP contribution >= 0.6 is 0 Å². The largest absolute Gasteiger partial charge is 0.497 e. The average Bonchev–Trinajstić information content (AvgIpc) is 2.81. The maximum Gasteiger partial charge on any atom is 0.242 e. The van der Waals surface area contributed by atoms with Gasteiger partial charge in [0.2, 0.25) is 21.8 Å². The van der Waals surface area contributed by atoms with Gasteiger partial charge in [-0.3, -0.25) is 13.9 Å². The molecule has 1 N–H and O–H groups in total. The molecule has 0 aromatic heterocycles. The molecule has 0 heterocycles. The number of nitrogens with zero attached hydrogens (tertiary/aromatic N) is 2. The second-order valence-corrected chi connectivity index (χ2v) is 9.59. The fraction of sp³-hybridized carbons (Fsp3) is 0.417. The molecule has 180 valence electrons. The lowest BCUT2D eigenvalue weighted by atomic mass is 10.1. The maximum atomic E-state index is 13.2.